The van der Waals surface area contributed by atoms with Crippen molar-refractivity contribution in [2.75, 3.05) is 5.32 Å². The Morgan fingerprint density at radius 1 is 1.67 bits per heavy atom. The van der Waals surface area contributed by atoms with Crippen molar-refractivity contribution in [2.45, 2.75) is 0 Å². The summed E-state index contributed by atoms with van der Waals surface area (Å²) in [6, 6.07) is 7.83. The Morgan fingerprint density at radius 2 is 2.42 bits per heavy atom. The molecule has 0 saturated carbocycles. The number of nitriles is 1. The standard InChI is InChI=1S/C8H7N3O.2H2/c9-5-6-2-1-3-7(4-6)11-8(10)12;;/h1-4H,(H3,10,11,12);2*1H. The van der Waals surface area contributed by atoms with Crippen LogP contribution in [-0.4, -0.2) is 6.03 Å². The van der Waals surface area contributed by atoms with Gasteiger partial charge in [-0.25, -0.2) is 4.79 Å². The fourth-order valence-corrected chi connectivity index (χ4v) is 0.809. The SMILES string of the molecule is N#Cc1cccc(NC(N)=O)c1.[HH].[HH]. The first-order chi connectivity index (χ1) is 5.72. The first-order valence-corrected chi connectivity index (χ1v) is 3.29. The molecule has 64 valence electrons. The fraction of sp³-hybridized carbons (Fsp3) is 0. The van der Waals surface area contributed by atoms with E-state index >= 15 is 0 Å². The molecule has 0 unspecified atom stereocenters. The maximum absolute atomic E-state index is 10.4. The molecule has 0 aliphatic heterocycles. The highest BCUT2D eigenvalue weighted by Crippen LogP contribution is 2.08. The van der Waals surface area contributed by atoms with Crippen LogP contribution in [0.4, 0.5) is 10.5 Å². The summed E-state index contributed by atoms with van der Waals surface area (Å²) in [5.74, 6) is 0. The number of benzene rings is 1. The summed E-state index contributed by atoms with van der Waals surface area (Å²) in [6.07, 6.45) is 0. The third kappa shape index (κ3) is 1.99. The lowest BCUT2D eigenvalue weighted by molar-refractivity contribution is 0.259. The molecule has 0 aliphatic rings. The number of urea groups is 1. The number of nitrogens with two attached hydrogens (primary N) is 1. The van der Waals surface area contributed by atoms with Crippen molar-refractivity contribution in [2.24, 2.45) is 5.73 Å². The number of anilines is 1. The quantitative estimate of drug-likeness (QED) is 0.662. The van der Waals surface area contributed by atoms with Gasteiger partial charge in [0.2, 0.25) is 0 Å². The molecule has 0 spiro atoms. The number of hydrogen-bond donors (Lipinski definition) is 2. The van der Waals surface area contributed by atoms with Crippen LogP contribution in [0.3, 0.4) is 0 Å². The largest absolute Gasteiger partial charge is 0.351 e. The van der Waals surface area contributed by atoms with Crippen molar-refractivity contribution in [3.63, 3.8) is 0 Å². The lowest BCUT2D eigenvalue weighted by Gasteiger charge is -1.99. The zero-order chi connectivity index (χ0) is 8.97. The van der Waals surface area contributed by atoms with E-state index in [1.54, 1.807) is 24.3 Å². The Hall–Kier alpha value is -2.02. The Kier molecular flexibility index (Phi) is 2.29. The molecule has 1 aromatic carbocycles. The minimum absolute atomic E-state index is 0. The molecule has 0 bridgehead atoms. The molecule has 4 nitrogen and oxygen atoms in total. The molecule has 2 amide bonds. The lowest BCUT2D eigenvalue weighted by atomic mass is 10.2. The predicted octanol–water partition coefficient (Wildman–Crippen LogP) is 1.54. The van der Waals surface area contributed by atoms with E-state index in [0.717, 1.165) is 0 Å². The zero-order valence-electron chi connectivity index (χ0n) is 6.24. The highest BCUT2D eigenvalue weighted by Gasteiger charge is 1.95. The van der Waals surface area contributed by atoms with E-state index < -0.39 is 6.03 Å². The molecular weight excluding hydrogens is 154 g/mol. The second-order valence-corrected chi connectivity index (χ2v) is 2.18. The highest BCUT2D eigenvalue weighted by molar-refractivity contribution is 5.87. The number of primary amides is 1. The Bertz CT molecular complexity index is 349. The number of carbonyl (C=O) groups is 1. The number of nitrogens with zero attached hydrogens (tertiary/aromatic N) is 1. The summed E-state index contributed by atoms with van der Waals surface area (Å²) >= 11 is 0. The van der Waals surface area contributed by atoms with E-state index in [-0.39, 0.29) is 2.85 Å². The molecule has 0 heterocycles. The Balaban J connectivity index is 0. The van der Waals surface area contributed by atoms with Gasteiger partial charge < -0.3 is 11.1 Å². The Morgan fingerprint density at radius 3 is 3.00 bits per heavy atom. The molecule has 0 aliphatic carbocycles. The van der Waals surface area contributed by atoms with Gasteiger partial charge in [-0.3, -0.25) is 0 Å². The molecule has 4 heteroatoms. The van der Waals surface area contributed by atoms with Gasteiger partial charge in [0.15, 0.2) is 0 Å². The van der Waals surface area contributed by atoms with E-state index in [2.05, 4.69) is 5.32 Å². The summed E-state index contributed by atoms with van der Waals surface area (Å²) in [5, 5.41) is 10.9. The average Bonchev–Trinajstić information content (AvgIpc) is 2.03. The van der Waals surface area contributed by atoms with Crippen LogP contribution in [0.2, 0.25) is 0 Å². The van der Waals surface area contributed by atoms with Crippen molar-refractivity contribution in [1.29, 1.82) is 5.26 Å². The summed E-state index contributed by atoms with van der Waals surface area (Å²) < 4.78 is 0. The van der Waals surface area contributed by atoms with Crippen molar-refractivity contribution < 1.29 is 7.65 Å². The Labute approximate surface area is 72.6 Å². The number of carbonyl (C=O) groups excluding carboxylic acids is 1. The van der Waals surface area contributed by atoms with Gasteiger partial charge >= 0.3 is 6.03 Å². The van der Waals surface area contributed by atoms with Gasteiger partial charge in [0.05, 0.1) is 11.6 Å². The van der Waals surface area contributed by atoms with Crippen LogP contribution in [0.25, 0.3) is 0 Å². The van der Waals surface area contributed by atoms with Crippen molar-refractivity contribution in [1.82, 2.24) is 0 Å². The molecule has 1 rings (SSSR count). The van der Waals surface area contributed by atoms with Gasteiger partial charge in [-0.15, -0.1) is 0 Å². The van der Waals surface area contributed by atoms with Crippen LogP contribution in [0.15, 0.2) is 24.3 Å². The first-order valence-electron chi connectivity index (χ1n) is 3.29. The minimum atomic E-state index is -0.634. The number of hydrogen-bond acceptors (Lipinski definition) is 2. The van der Waals surface area contributed by atoms with E-state index in [9.17, 15) is 4.79 Å². The number of nitrogens with one attached hydrogen (secondary N) is 1. The molecule has 0 radical (unpaired) electrons. The summed E-state index contributed by atoms with van der Waals surface area (Å²) in [7, 11) is 0. The van der Waals surface area contributed by atoms with Gasteiger partial charge in [0.1, 0.15) is 0 Å². The van der Waals surface area contributed by atoms with Gasteiger partial charge in [-0.05, 0) is 18.2 Å². The maximum Gasteiger partial charge on any atom is 0.316 e. The summed E-state index contributed by atoms with van der Waals surface area (Å²) in [6.45, 7) is 0. The van der Waals surface area contributed by atoms with Crippen molar-refractivity contribution >= 4 is 11.7 Å². The van der Waals surface area contributed by atoms with Gasteiger partial charge in [0, 0.05) is 8.54 Å². The monoisotopic (exact) mass is 165 g/mol. The normalized spacial score (nSPS) is 8.58. The maximum atomic E-state index is 10.4. The van der Waals surface area contributed by atoms with Crippen LogP contribution in [0, 0.1) is 11.3 Å². The van der Waals surface area contributed by atoms with Gasteiger partial charge in [-0.1, -0.05) is 6.07 Å². The van der Waals surface area contributed by atoms with E-state index in [4.69, 9.17) is 11.0 Å². The summed E-state index contributed by atoms with van der Waals surface area (Å²) in [5.41, 5.74) is 5.90. The minimum Gasteiger partial charge on any atom is -0.351 e. The van der Waals surface area contributed by atoms with Crippen molar-refractivity contribution in [3.8, 4) is 6.07 Å². The van der Waals surface area contributed by atoms with E-state index in [1.165, 1.54) is 0 Å². The zero-order valence-corrected chi connectivity index (χ0v) is 6.24. The average molecular weight is 165 g/mol. The topological polar surface area (TPSA) is 78.9 Å². The molecular formula is C8H11N3O. The smallest absolute Gasteiger partial charge is 0.316 e. The van der Waals surface area contributed by atoms with Crippen LogP contribution in [0.5, 0.6) is 0 Å². The van der Waals surface area contributed by atoms with Crippen LogP contribution in [0.1, 0.15) is 8.42 Å². The lowest BCUT2D eigenvalue weighted by Crippen LogP contribution is -2.19. The molecule has 12 heavy (non-hydrogen) atoms. The molecule has 0 fully saturated rings. The number of amides is 2. The van der Waals surface area contributed by atoms with E-state index in [1.807, 2.05) is 6.07 Å². The van der Waals surface area contributed by atoms with Crippen molar-refractivity contribution in [3.05, 3.63) is 29.8 Å². The second-order valence-electron chi connectivity index (χ2n) is 2.18. The van der Waals surface area contributed by atoms with Gasteiger partial charge in [0.25, 0.3) is 0 Å². The predicted molar refractivity (Wildman–Crippen MR) is 48.6 cm³/mol. The van der Waals surface area contributed by atoms with Crippen LogP contribution >= 0.6 is 0 Å². The molecule has 0 atom stereocenters. The fourth-order valence-electron chi connectivity index (χ4n) is 0.809. The third-order valence-corrected chi connectivity index (χ3v) is 1.26. The van der Waals surface area contributed by atoms with Crippen LogP contribution < -0.4 is 11.1 Å². The van der Waals surface area contributed by atoms with E-state index in [0.29, 0.717) is 11.3 Å². The first kappa shape index (κ1) is 8.08. The molecule has 3 N–H and O–H groups in total. The van der Waals surface area contributed by atoms with Gasteiger partial charge in [-0.2, -0.15) is 5.26 Å². The van der Waals surface area contributed by atoms with Crippen LogP contribution in [-0.2, 0) is 0 Å². The molecule has 0 saturated heterocycles. The molecule has 0 aromatic heterocycles. The number of rotatable bonds is 1. The second kappa shape index (κ2) is 3.39. The highest BCUT2D eigenvalue weighted by atomic mass is 16.2. The molecule has 1 aromatic rings. The summed E-state index contributed by atoms with van der Waals surface area (Å²) in [4.78, 5) is 10.4. The third-order valence-electron chi connectivity index (χ3n) is 1.26.